The lowest BCUT2D eigenvalue weighted by molar-refractivity contribution is -0.143. The topological polar surface area (TPSA) is 101 Å². The van der Waals surface area contributed by atoms with Crippen LogP contribution < -0.4 is 16.0 Å². The summed E-state index contributed by atoms with van der Waals surface area (Å²) in [5, 5.41) is 10.1. The zero-order valence-corrected chi connectivity index (χ0v) is 22.4. The number of hydrogen-bond acceptors (Lipinski definition) is 6. The molecule has 0 bridgehead atoms. The molecule has 3 aromatic rings. The van der Waals surface area contributed by atoms with E-state index in [2.05, 4.69) is 9.88 Å². The van der Waals surface area contributed by atoms with E-state index in [1.54, 1.807) is 29.9 Å². The zero-order valence-electron chi connectivity index (χ0n) is 22.4. The summed E-state index contributed by atoms with van der Waals surface area (Å²) < 4.78 is 62.3. The second kappa shape index (κ2) is 12.9. The Morgan fingerprint density at radius 3 is 2.52 bits per heavy atom. The quantitative estimate of drug-likeness (QED) is 0.170. The number of amides is 1. The number of carbonyl (C=O) groups excluding carboxylic acids is 1. The van der Waals surface area contributed by atoms with Crippen LogP contribution in [-0.2, 0) is 17.8 Å². The van der Waals surface area contributed by atoms with Gasteiger partial charge in [-0.1, -0.05) is 0 Å². The maximum Gasteiger partial charge on any atom is 0.249 e. The number of piperidine rings is 1. The molecule has 1 aliphatic heterocycles. The van der Waals surface area contributed by atoms with Crippen molar-refractivity contribution in [3.63, 3.8) is 0 Å². The Morgan fingerprint density at radius 2 is 1.90 bits per heavy atom. The van der Waals surface area contributed by atoms with Gasteiger partial charge in [0.15, 0.2) is 0 Å². The molecule has 216 valence electrons. The number of nitrogens with two attached hydrogens (primary N) is 1. The number of rotatable bonds is 11. The number of fused-ring (bicyclic) bond motifs is 1. The lowest BCUT2D eigenvalue weighted by atomic mass is 9.73. The van der Waals surface area contributed by atoms with E-state index in [0.717, 1.165) is 0 Å². The number of hydrogen-bond donors (Lipinski definition) is 3. The molecule has 0 spiro atoms. The molecule has 1 fully saturated rings. The minimum Gasteiger partial charge on any atom is -0.497 e. The first-order chi connectivity index (χ1) is 19.2. The standard InChI is InChI=1S/C29H34F4N4O3/c1-40-20-4-5-26-22(15-20)27(18(16-34)17-35-26)23(31)6-7-29(28(38)36-39)8-11-37(12-9-29)10-2-3-21-24(32)13-19(30)14-25(21)33/h4-5,13-15,17,23,39H,2-3,6-12,16,34H2,1H3,(H,36,38). The number of carbonyl (C=O) groups is 1. The van der Waals surface area contributed by atoms with Crippen LogP contribution in [0.1, 0.15) is 55.0 Å². The van der Waals surface area contributed by atoms with Crippen molar-refractivity contribution in [3.8, 4) is 5.75 Å². The van der Waals surface area contributed by atoms with Gasteiger partial charge >= 0.3 is 0 Å². The van der Waals surface area contributed by atoms with Gasteiger partial charge in [-0.3, -0.25) is 15.0 Å². The highest BCUT2D eigenvalue weighted by Crippen LogP contribution is 2.41. The summed E-state index contributed by atoms with van der Waals surface area (Å²) in [6.45, 7) is 1.59. The molecule has 0 saturated carbocycles. The number of alkyl halides is 1. The number of ether oxygens (including phenoxy) is 1. The van der Waals surface area contributed by atoms with Crippen molar-refractivity contribution >= 4 is 16.8 Å². The first-order valence-corrected chi connectivity index (χ1v) is 13.3. The predicted octanol–water partition coefficient (Wildman–Crippen LogP) is 5.13. The number of nitrogens with zero attached hydrogens (tertiary/aromatic N) is 2. The van der Waals surface area contributed by atoms with Crippen LogP contribution in [0, 0.1) is 22.9 Å². The molecule has 0 aliphatic carbocycles. The van der Waals surface area contributed by atoms with Crippen molar-refractivity contribution in [2.45, 2.75) is 51.2 Å². The minimum absolute atomic E-state index is 0.0276. The van der Waals surface area contributed by atoms with E-state index in [9.17, 15) is 23.2 Å². The first kappa shape index (κ1) is 29.7. The normalized spacial score (nSPS) is 16.2. The van der Waals surface area contributed by atoms with E-state index in [-0.39, 0.29) is 31.4 Å². The number of likely N-dealkylation sites (tertiary alicyclic amines) is 1. The Bertz CT molecular complexity index is 1320. The van der Waals surface area contributed by atoms with E-state index < -0.39 is 34.9 Å². The molecule has 7 nitrogen and oxygen atoms in total. The average Bonchev–Trinajstić information content (AvgIpc) is 2.96. The van der Waals surface area contributed by atoms with Gasteiger partial charge in [-0.05, 0) is 81.9 Å². The summed E-state index contributed by atoms with van der Waals surface area (Å²) in [6, 6.07) is 6.55. The highest BCUT2D eigenvalue weighted by molar-refractivity contribution is 5.85. The van der Waals surface area contributed by atoms with Crippen molar-refractivity contribution in [3.05, 3.63) is 70.7 Å². The van der Waals surface area contributed by atoms with E-state index in [1.807, 2.05) is 0 Å². The number of methoxy groups -OCH3 is 1. The smallest absolute Gasteiger partial charge is 0.249 e. The van der Waals surface area contributed by atoms with E-state index in [0.29, 0.717) is 78.8 Å². The van der Waals surface area contributed by atoms with E-state index in [1.165, 1.54) is 7.11 Å². The maximum atomic E-state index is 15.9. The SMILES string of the molecule is COc1ccc2ncc(CN)c(C(F)CCC3(C(=O)NO)CCN(CCCc4c(F)cc(F)cc4F)CC3)c2c1. The Kier molecular flexibility index (Phi) is 9.60. The summed E-state index contributed by atoms with van der Waals surface area (Å²) in [7, 11) is 1.52. The van der Waals surface area contributed by atoms with Crippen LogP contribution in [0.15, 0.2) is 36.5 Å². The van der Waals surface area contributed by atoms with Gasteiger partial charge in [0.05, 0.1) is 18.0 Å². The second-order valence-electron chi connectivity index (χ2n) is 10.3. The van der Waals surface area contributed by atoms with Gasteiger partial charge < -0.3 is 15.4 Å². The van der Waals surface area contributed by atoms with Crippen LogP contribution in [0.25, 0.3) is 10.9 Å². The number of aromatic nitrogens is 1. The number of halogens is 4. The molecule has 0 radical (unpaired) electrons. The molecule has 1 saturated heterocycles. The number of hydroxylamine groups is 1. The molecule has 2 heterocycles. The van der Waals surface area contributed by atoms with Gasteiger partial charge in [-0.15, -0.1) is 0 Å². The maximum absolute atomic E-state index is 15.9. The first-order valence-electron chi connectivity index (χ1n) is 13.3. The third-order valence-corrected chi connectivity index (χ3v) is 8.01. The molecule has 1 aromatic heterocycles. The number of nitrogens with one attached hydrogen (secondary N) is 1. The van der Waals surface area contributed by atoms with Crippen LogP contribution in [-0.4, -0.2) is 47.7 Å². The molecule has 40 heavy (non-hydrogen) atoms. The van der Waals surface area contributed by atoms with Gasteiger partial charge in [0.1, 0.15) is 29.4 Å². The lowest BCUT2D eigenvalue weighted by Crippen LogP contribution is -2.48. The van der Waals surface area contributed by atoms with Crippen LogP contribution >= 0.6 is 0 Å². The number of benzene rings is 2. The highest BCUT2D eigenvalue weighted by Gasteiger charge is 2.41. The summed E-state index contributed by atoms with van der Waals surface area (Å²) in [6.07, 6.45) is 1.64. The Morgan fingerprint density at radius 1 is 1.20 bits per heavy atom. The molecule has 2 aromatic carbocycles. The van der Waals surface area contributed by atoms with Crippen LogP contribution in [0.4, 0.5) is 17.6 Å². The van der Waals surface area contributed by atoms with Crippen molar-refractivity contribution in [1.29, 1.82) is 0 Å². The fourth-order valence-electron chi connectivity index (χ4n) is 5.64. The molecule has 1 atom stereocenters. The molecule has 4 rings (SSSR count). The summed E-state index contributed by atoms with van der Waals surface area (Å²) in [5.41, 5.74) is 8.12. The molecule has 1 aliphatic rings. The Hall–Kier alpha value is -3.28. The highest BCUT2D eigenvalue weighted by atomic mass is 19.1. The Labute approximate surface area is 230 Å². The van der Waals surface area contributed by atoms with Crippen LogP contribution in [0.5, 0.6) is 5.75 Å². The van der Waals surface area contributed by atoms with Crippen molar-refractivity contribution in [1.82, 2.24) is 15.4 Å². The molecular weight excluding hydrogens is 528 g/mol. The number of pyridine rings is 1. The third kappa shape index (κ3) is 6.37. The van der Waals surface area contributed by atoms with Gasteiger partial charge in [0.25, 0.3) is 0 Å². The van der Waals surface area contributed by atoms with Crippen molar-refractivity contribution in [2.75, 3.05) is 26.7 Å². The monoisotopic (exact) mass is 562 g/mol. The summed E-state index contributed by atoms with van der Waals surface area (Å²) in [4.78, 5) is 19.2. The summed E-state index contributed by atoms with van der Waals surface area (Å²) >= 11 is 0. The van der Waals surface area contributed by atoms with Crippen LogP contribution in [0.3, 0.4) is 0 Å². The third-order valence-electron chi connectivity index (χ3n) is 8.01. The lowest BCUT2D eigenvalue weighted by Gasteiger charge is -2.40. The fourth-order valence-corrected chi connectivity index (χ4v) is 5.64. The second-order valence-corrected chi connectivity index (χ2v) is 10.3. The van der Waals surface area contributed by atoms with Gasteiger partial charge in [0, 0.05) is 41.4 Å². The molecular formula is C29H34F4N4O3. The Balaban J connectivity index is 1.42. The fraction of sp³-hybridized carbons (Fsp3) is 0.448. The molecule has 1 amide bonds. The van der Waals surface area contributed by atoms with Gasteiger partial charge in [-0.25, -0.2) is 23.0 Å². The zero-order chi connectivity index (χ0) is 28.9. The van der Waals surface area contributed by atoms with Crippen molar-refractivity contribution < 1.29 is 32.3 Å². The van der Waals surface area contributed by atoms with Crippen molar-refractivity contribution in [2.24, 2.45) is 11.1 Å². The van der Waals surface area contributed by atoms with E-state index >= 15 is 4.39 Å². The van der Waals surface area contributed by atoms with Crippen LogP contribution in [0.2, 0.25) is 0 Å². The predicted molar refractivity (Wildman–Crippen MR) is 142 cm³/mol. The average molecular weight is 563 g/mol. The largest absolute Gasteiger partial charge is 0.497 e. The van der Waals surface area contributed by atoms with E-state index in [4.69, 9.17) is 10.5 Å². The minimum atomic E-state index is -1.43. The summed E-state index contributed by atoms with van der Waals surface area (Å²) in [5.74, 6) is -2.78. The molecule has 4 N–H and O–H groups in total. The molecule has 11 heteroatoms. The molecule has 1 unspecified atom stereocenters. The van der Waals surface area contributed by atoms with Gasteiger partial charge in [0.2, 0.25) is 5.91 Å². The van der Waals surface area contributed by atoms with Gasteiger partial charge in [-0.2, -0.15) is 0 Å².